The summed E-state index contributed by atoms with van der Waals surface area (Å²) in [5, 5.41) is 0. The summed E-state index contributed by atoms with van der Waals surface area (Å²) in [6, 6.07) is 9.76. The maximum absolute atomic E-state index is 14.6. The van der Waals surface area contributed by atoms with Crippen molar-refractivity contribution in [2.24, 2.45) is 0 Å². The standard InChI is InChI=1S/C24H25F2N3O3/c1-27-12-10-16(11-13-27)28(2)22-21(17-6-4-5-7-20(17)32-3)23(30)29(24(22)31)19-9-8-15(25)14-18(19)26/h4-9,14,16H,10-13H2,1-3H3. The van der Waals surface area contributed by atoms with Gasteiger partial charge >= 0.3 is 0 Å². The van der Waals surface area contributed by atoms with Crippen LogP contribution in [0.25, 0.3) is 5.57 Å². The van der Waals surface area contributed by atoms with Crippen molar-refractivity contribution in [1.82, 2.24) is 9.80 Å². The molecule has 0 bridgehead atoms. The van der Waals surface area contributed by atoms with Gasteiger partial charge < -0.3 is 14.5 Å². The third-order valence-electron chi connectivity index (χ3n) is 6.17. The molecule has 2 aromatic rings. The Balaban J connectivity index is 1.84. The molecule has 0 aromatic heterocycles. The normalized spacial score (nSPS) is 18.0. The van der Waals surface area contributed by atoms with Crippen molar-refractivity contribution in [3.63, 3.8) is 0 Å². The Kier molecular flexibility index (Phi) is 5.97. The Morgan fingerprint density at radius 1 is 1.03 bits per heavy atom. The fourth-order valence-corrected chi connectivity index (χ4v) is 4.39. The molecular weight excluding hydrogens is 416 g/mol. The van der Waals surface area contributed by atoms with E-state index in [4.69, 9.17) is 4.74 Å². The van der Waals surface area contributed by atoms with Gasteiger partial charge in [-0.2, -0.15) is 0 Å². The number of rotatable bonds is 5. The molecule has 0 atom stereocenters. The first-order chi connectivity index (χ1) is 15.3. The van der Waals surface area contributed by atoms with Gasteiger partial charge in [0.1, 0.15) is 23.1 Å². The van der Waals surface area contributed by atoms with E-state index in [-0.39, 0.29) is 23.0 Å². The zero-order chi connectivity index (χ0) is 23.0. The van der Waals surface area contributed by atoms with Gasteiger partial charge in [0, 0.05) is 24.7 Å². The fraction of sp³-hybridized carbons (Fsp3) is 0.333. The van der Waals surface area contributed by atoms with Crippen LogP contribution in [0.1, 0.15) is 18.4 Å². The lowest BCUT2D eigenvalue weighted by Gasteiger charge is -2.36. The minimum atomic E-state index is -0.978. The summed E-state index contributed by atoms with van der Waals surface area (Å²) >= 11 is 0. The first kappa shape index (κ1) is 22.0. The molecule has 0 radical (unpaired) electrons. The summed E-state index contributed by atoms with van der Waals surface area (Å²) in [5.74, 6) is -2.64. The lowest BCUT2D eigenvalue weighted by molar-refractivity contribution is -0.120. The number of methoxy groups -OCH3 is 1. The maximum Gasteiger partial charge on any atom is 0.282 e. The van der Waals surface area contributed by atoms with Gasteiger partial charge in [-0.25, -0.2) is 13.7 Å². The highest BCUT2D eigenvalue weighted by Crippen LogP contribution is 2.39. The molecule has 0 spiro atoms. The van der Waals surface area contributed by atoms with Crippen LogP contribution in [0.4, 0.5) is 14.5 Å². The Bertz CT molecular complexity index is 1090. The Labute approximate surface area is 185 Å². The van der Waals surface area contributed by atoms with E-state index >= 15 is 0 Å². The van der Waals surface area contributed by atoms with Crippen LogP contribution in [0, 0.1) is 11.6 Å². The number of hydrogen-bond donors (Lipinski definition) is 0. The number of likely N-dealkylation sites (tertiary alicyclic amines) is 1. The molecule has 4 rings (SSSR count). The summed E-state index contributed by atoms with van der Waals surface area (Å²) in [6.45, 7) is 1.73. The number of imide groups is 1. The Hall–Kier alpha value is -3.26. The quantitative estimate of drug-likeness (QED) is 0.667. The van der Waals surface area contributed by atoms with Crippen molar-refractivity contribution in [3.8, 4) is 5.75 Å². The van der Waals surface area contributed by atoms with E-state index in [2.05, 4.69) is 4.90 Å². The molecule has 0 N–H and O–H groups in total. The van der Waals surface area contributed by atoms with E-state index in [1.165, 1.54) is 7.11 Å². The van der Waals surface area contributed by atoms with Crippen molar-refractivity contribution < 1.29 is 23.1 Å². The van der Waals surface area contributed by atoms with Crippen LogP contribution in [0.15, 0.2) is 48.2 Å². The van der Waals surface area contributed by atoms with E-state index in [1.807, 2.05) is 11.9 Å². The lowest BCUT2D eigenvalue weighted by atomic mass is 9.99. The minimum absolute atomic E-state index is 0.0423. The number of carbonyl (C=O) groups is 2. The van der Waals surface area contributed by atoms with Crippen LogP contribution in [0.3, 0.4) is 0 Å². The van der Waals surface area contributed by atoms with Gasteiger partial charge in [-0.3, -0.25) is 9.59 Å². The first-order valence-corrected chi connectivity index (χ1v) is 10.5. The van der Waals surface area contributed by atoms with Gasteiger partial charge in [0.15, 0.2) is 0 Å². The first-order valence-electron chi connectivity index (χ1n) is 10.5. The monoisotopic (exact) mass is 441 g/mol. The van der Waals surface area contributed by atoms with Crippen molar-refractivity contribution >= 4 is 23.1 Å². The van der Waals surface area contributed by atoms with E-state index in [0.717, 1.165) is 43.0 Å². The van der Waals surface area contributed by atoms with Crippen LogP contribution in [-0.4, -0.2) is 62.0 Å². The molecule has 0 unspecified atom stereocenters. The average Bonchev–Trinajstić information content (AvgIpc) is 3.04. The van der Waals surface area contributed by atoms with Crippen LogP contribution in [0.2, 0.25) is 0 Å². The minimum Gasteiger partial charge on any atom is -0.496 e. The van der Waals surface area contributed by atoms with Crippen molar-refractivity contribution in [1.29, 1.82) is 0 Å². The van der Waals surface area contributed by atoms with Gasteiger partial charge in [-0.1, -0.05) is 18.2 Å². The zero-order valence-corrected chi connectivity index (χ0v) is 18.3. The highest BCUT2D eigenvalue weighted by Gasteiger charge is 2.44. The number of para-hydroxylation sites is 1. The number of carbonyl (C=O) groups excluding carboxylic acids is 2. The molecule has 2 aromatic carbocycles. The predicted molar refractivity (Wildman–Crippen MR) is 117 cm³/mol. The second-order valence-corrected chi connectivity index (χ2v) is 8.11. The van der Waals surface area contributed by atoms with Crippen molar-refractivity contribution in [3.05, 3.63) is 65.4 Å². The van der Waals surface area contributed by atoms with E-state index in [0.29, 0.717) is 17.4 Å². The number of hydrogen-bond acceptors (Lipinski definition) is 5. The van der Waals surface area contributed by atoms with Crippen LogP contribution in [0.5, 0.6) is 5.75 Å². The summed E-state index contributed by atoms with van der Waals surface area (Å²) in [4.78, 5) is 32.0. The van der Waals surface area contributed by atoms with E-state index in [9.17, 15) is 18.4 Å². The molecule has 2 aliphatic rings. The third-order valence-corrected chi connectivity index (χ3v) is 6.17. The molecular formula is C24H25F2N3O3. The number of benzene rings is 2. The number of nitrogens with zero attached hydrogens (tertiary/aromatic N) is 3. The van der Waals surface area contributed by atoms with Crippen LogP contribution >= 0.6 is 0 Å². The van der Waals surface area contributed by atoms with Gasteiger partial charge in [0.25, 0.3) is 11.8 Å². The van der Waals surface area contributed by atoms with Gasteiger partial charge in [0.05, 0.1) is 18.4 Å². The van der Waals surface area contributed by atoms with Crippen LogP contribution in [-0.2, 0) is 9.59 Å². The third kappa shape index (κ3) is 3.75. The number of amides is 2. The number of piperidine rings is 1. The summed E-state index contributed by atoms with van der Waals surface area (Å²) in [7, 11) is 5.31. The molecule has 1 saturated heterocycles. The molecule has 1 fully saturated rings. The molecule has 2 aliphatic heterocycles. The molecule has 2 heterocycles. The highest BCUT2D eigenvalue weighted by atomic mass is 19.1. The zero-order valence-electron chi connectivity index (χ0n) is 18.3. The topological polar surface area (TPSA) is 53.1 Å². The number of likely N-dealkylation sites (N-methyl/N-ethyl adjacent to an activating group) is 1. The molecule has 0 aliphatic carbocycles. The second kappa shape index (κ2) is 8.70. The SMILES string of the molecule is COc1ccccc1C1=C(N(C)C2CCN(C)CC2)C(=O)N(c2ccc(F)cc2F)C1=O. The van der Waals surface area contributed by atoms with E-state index < -0.39 is 23.4 Å². The largest absolute Gasteiger partial charge is 0.496 e. The van der Waals surface area contributed by atoms with Crippen LogP contribution < -0.4 is 9.64 Å². The second-order valence-electron chi connectivity index (χ2n) is 8.11. The number of halogens is 2. The Morgan fingerprint density at radius 3 is 2.38 bits per heavy atom. The summed E-state index contributed by atoms with van der Waals surface area (Å²) in [5.41, 5.74) is 0.518. The van der Waals surface area contributed by atoms with Crippen molar-refractivity contribution in [2.75, 3.05) is 39.2 Å². The molecule has 168 valence electrons. The van der Waals surface area contributed by atoms with Crippen molar-refractivity contribution in [2.45, 2.75) is 18.9 Å². The smallest absolute Gasteiger partial charge is 0.282 e. The van der Waals surface area contributed by atoms with E-state index in [1.54, 1.807) is 31.3 Å². The number of ether oxygens (including phenoxy) is 1. The average molecular weight is 441 g/mol. The van der Waals surface area contributed by atoms with Gasteiger partial charge in [-0.15, -0.1) is 0 Å². The number of anilines is 1. The van der Waals surface area contributed by atoms with Gasteiger partial charge in [0.2, 0.25) is 0 Å². The van der Waals surface area contributed by atoms with Gasteiger partial charge in [-0.05, 0) is 51.2 Å². The molecule has 32 heavy (non-hydrogen) atoms. The summed E-state index contributed by atoms with van der Waals surface area (Å²) in [6.07, 6.45) is 1.64. The lowest BCUT2D eigenvalue weighted by Crippen LogP contribution is -2.43. The summed E-state index contributed by atoms with van der Waals surface area (Å²) < 4.78 is 33.5. The Morgan fingerprint density at radius 2 is 1.72 bits per heavy atom. The predicted octanol–water partition coefficient (Wildman–Crippen LogP) is 3.28. The highest BCUT2D eigenvalue weighted by molar-refractivity contribution is 6.45. The molecule has 0 saturated carbocycles. The molecule has 2 amide bonds. The fourth-order valence-electron chi connectivity index (χ4n) is 4.39. The molecule has 6 nitrogen and oxygen atoms in total. The molecule has 8 heteroatoms. The maximum atomic E-state index is 14.6.